The molecule has 3 N–H and O–H groups in total. The summed E-state index contributed by atoms with van der Waals surface area (Å²) in [7, 11) is 1.66. The van der Waals surface area contributed by atoms with Crippen LogP contribution in [0.2, 0.25) is 0 Å². The van der Waals surface area contributed by atoms with Gasteiger partial charge in [-0.3, -0.25) is 10.2 Å². The Hall–Kier alpha value is -2.67. The van der Waals surface area contributed by atoms with Crippen LogP contribution in [0.4, 0.5) is 0 Å². The molecule has 0 aliphatic rings. The van der Waals surface area contributed by atoms with Crippen molar-refractivity contribution in [2.24, 2.45) is 12.1 Å². The number of aromatic hydroxyl groups is 1. The summed E-state index contributed by atoms with van der Waals surface area (Å²) >= 11 is 5.03. The van der Waals surface area contributed by atoms with Gasteiger partial charge >= 0.3 is 0 Å². The summed E-state index contributed by atoms with van der Waals surface area (Å²) in [4.78, 5) is 12.5. The van der Waals surface area contributed by atoms with E-state index in [0.717, 1.165) is 0 Å². The molecule has 120 valence electrons. The number of aryl methyl sites for hydroxylation is 1. The Kier molecular flexibility index (Phi) is 5.13. The summed E-state index contributed by atoms with van der Waals surface area (Å²) in [6.45, 7) is 5.71. The minimum absolute atomic E-state index is 0.0864. The van der Waals surface area contributed by atoms with Gasteiger partial charge in [-0.1, -0.05) is 18.2 Å². The normalized spacial score (nSPS) is 11.3. The highest BCUT2D eigenvalue weighted by atomic mass is 32.1. The Bertz CT molecular complexity index is 855. The fourth-order valence-electron chi connectivity index (χ4n) is 2.20. The molecule has 0 radical (unpaired) electrons. The smallest absolute Gasteiger partial charge is 0.263 e. The molecule has 0 atom stereocenters. The van der Waals surface area contributed by atoms with Gasteiger partial charge in [0.25, 0.3) is 5.56 Å². The Morgan fingerprint density at radius 2 is 2.17 bits per heavy atom. The standard InChI is InChI=1S/C16H18N4O2S/c1-4-9-17-16(23)19-18-10(2)13-14(21)11-7-5-6-8-12(11)20(3)15(13)22/h4-8,21H,1,9H2,2-3H3,(H2,17,19,23)/b18-10+. The van der Waals surface area contributed by atoms with Gasteiger partial charge in [0.15, 0.2) is 5.11 Å². The Balaban J connectivity index is 2.45. The molecule has 1 aromatic heterocycles. The number of hydrogen-bond donors (Lipinski definition) is 3. The van der Waals surface area contributed by atoms with Crippen LogP contribution in [0, 0.1) is 0 Å². The molecule has 6 nitrogen and oxygen atoms in total. The minimum Gasteiger partial charge on any atom is -0.506 e. The van der Waals surface area contributed by atoms with E-state index in [1.54, 1.807) is 38.2 Å². The molecule has 7 heteroatoms. The summed E-state index contributed by atoms with van der Waals surface area (Å²) in [6, 6.07) is 7.15. The molecule has 0 fully saturated rings. The van der Waals surface area contributed by atoms with E-state index < -0.39 is 0 Å². The third-order valence-corrected chi connectivity index (χ3v) is 3.61. The van der Waals surface area contributed by atoms with Crippen molar-refractivity contribution >= 4 is 33.9 Å². The van der Waals surface area contributed by atoms with E-state index in [4.69, 9.17) is 12.2 Å². The highest BCUT2D eigenvalue weighted by molar-refractivity contribution is 7.80. The van der Waals surface area contributed by atoms with Crippen LogP contribution < -0.4 is 16.3 Å². The van der Waals surface area contributed by atoms with Crippen molar-refractivity contribution in [1.29, 1.82) is 0 Å². The molecular formula is C16H18N4O2S. The lowest BCUT2D eigenvalue weighted by Crippen LogP contribution is -2.33. The van der Waals surface area contributed by atoms with Crippen molar-refractivity contribution in [3.05, 3.63) is 52.8 Å². The summed E-state index contributed by atoms with van der Waals surface area (Å²) in [5.74, 6) is -0.0864. The highest BCUT2D eigenvalue weighted by Crippen LogP contribution is 2.25. The second kappa shape index (κ2) is 7.06. The van der Waals surface area contributed by atoms with Crippen LogP contribution in [0.15, 0.2) is 46.8 Å². The van der Waals surface area contributed by atoms with Crippen LogP contribution in [-0.2, 0) is 7.05 Å². The molecular weight excluding hydrogens is 312 g/mol. The Morgan fingerprint density at radius 3 is 2.87 bits per heavy atom. The van der Waals surface area contributed by atoms with Crippen molar-refractivity contribution in [2.75, 3.05) is 6.54 Å². The van der Waals surface area contributed by atoms with Crippen LogP contribution in [0.3, 0.4) is 0 Å². The number of hydrazone groups is 1. The fraction of sp³-hybridized carbons (Fsp3) is 0.188. The monoisotopic (exact) mass is 330 g/mol. The lowest BCUT2D eigenvalue weighted by molar-refractivity contribution is 0.478. The first-order valence-electron chi connectivity index (χ1n) is 6.97. The summed E-state index contributed by atoms with van der Waals surface area (Å²) in [5, 5.41) is 18.3. The first-order chi connectivity index (χ1) is 11.0. The number of nitrogens with one attached hydrogen (secondary N) is 2. The summed E-state index contributed by atoms with van der Waals surface area (Å²) in [5.41, 5.74) is 3.46. The minimum atomic E-state index is -0.325. The first-order valence-corrected chi connectivity index (χ1v) is 7.38. The van der Waals surface area contributed by atoms with E-state index in [1.165, 1.54) is 4.57 Å². The molecule has 0 spiro atoms. The van der Waals surface area contributed by atoms with Crippen molar-refractivity contribution < 1.29 is 5.11 Å². The van der Waals surface area contributed by atoms with Gasteiger partial charge in [-0.15, -0.1) is 6.58 Å². The van der Waals surface area contributed by atoms with E-state index >= 15 is 0 Å². The van der Waals surface area contributed by atoms with E-state index in [0.29, 0.717) is 28.3 Å². The number of para-hydroxylation sites is 1. The number of thiocarbonyl (C=S) groups is 1. The maximum absolute atomic E-state index is 12.5. The second-order valence-electron chi connectivity index (χ2n) is 4.91. The molecule has 2 rings (SSSR count). The summed E-state index contributed by atoms with van der Waals surface area (Å²) < 4.78 is 1.48. The average molecular weight is 330 g/mol. The third kappa shape index (κ3) is 3.40. The fourth-order valence-corrected chi connectivity index (χ4v) is 2.33. The predicted octanol–water partition coefficient (Wildman–Crippen LogP) is 1.62. The molecule has 0 amide bonds. The van der Waals surface area contributed by atoms with Crippen molar-refractivity contribution in [2.45, 2.75) is 6.92 Å². The molecule has 1 heterocycles. The molecule has 0 aliphatic heterocycles. The highest BCUT2D eigenvalue weighted by Gasteiger charge is 2.16. The first kappa shape index (κ1) is 16.7. The number of aromatic nitrogens is 1. The summed E-state index contributed by atoms with van der Waals surface area (Å²) in [6.07, 6.45) is 1.66. The maximum Gasteiger partial charge on any atom is 0.263 e. The van der Waals surface area contributed by atoms with E-state index in [2.05, 4.69) is 22.4 Å². The lowest BCUT2D eigenvalue weighted by Gasteiger charge is -2.12. The molecule has 0 saturated heterocycles. The van der Waals surface area contributed by atoms with Gasteiger partial charge in [0, 0.05) is 19.0 Å². The topological polar surface area (TPSA) is 78.7 Å². The zero-order valence-corrected chi connectivity index (χ0v) is 13.8. The molecule has 0 bridgehead atoms. The maximum atomic E-state index is 12.5. The van der Waals surface area contributed by atoms with Crippen molar-refractivity contribution in [1.82, 2.24) is 15.3 Å². The molecule has 0 aliphatic carbocycles. The van der Waals surface area contributed by atoms with Gasteiger partial charge < -0.3 is 15.0 Å². The molecule has 1 aromatic carbocycles. The predicted molar refractivity (Wildman–Crippen MR) is 97.0 cm³/mol. The number of pyridine rings is 1. The largest absolute Gasteiger partial charge is 0.506 e. The van der Waals surface area contributed by atoms with Gasteiger partial charge in [0.1, 0.15) is 11.3 Å². The van der Waals surface area contributed by atoms with Gasteiger partial charge in [-0.2, -0.15) is 5.10 Å². The molecule has 0 saturated carbocycles. The van der Waals surface area contributed by atoms with Crippen LogP contribution in [-0.4, -0.2) is 27.0 Å². The lowest BCUT2D eigenvalue weighted by atomic mass is 10.1. The Morgan fingerprint density at radius 1 is 1.48 bits per heavy atom. The number of rotatable bonds is 4. The quantitative estimate of drug-likeness (QED) is 0.344. The van der Waals surface area contributed by atoms with Gasteiger partial charge in [-0.05, 0) is 31.3 Å². The number of benzene rings is 1. The third-order valence-electron chi connectivity index (χ3n) is 3.37. The van der Waals surface area contributed by atoms with Gasteiger partial charge in [0.05, 0.1) is 11.2 Å². The van der Waals surface area contributed by atoms with Crippen LogP contribution in [0.1, 0.15) is 12.5 Å². The van der Waals surface area contributed by atoms with Crippen LogP contribution >= 0.6 is 12.2 Å². The zero-order valence-electron chi connectivity index (χ0n) is 13.0. The van der Waals surface area contributed by atoms with E-state index in [9.17, 15) is 9.90 Å². The Labute approximate surface area is 139 Å². The number of nitrogens with zero attached hydrogens (tertiary/aromatic N) is 2. The van der Waals surface area contributed by atoms with Crippen LogP contribution in [0.25, 0.3) is 10.9 Å². The average Bonchev–Trinajstić information content (AvgIpc) is 2.56. The number of hydrogen-bond acceptors (Lipinski definition) is 4. The van der Waals surface area contributed by atoms with Crippen molar-refractivity contribution in [3.8, 4) is 5.75 Å². The SMILES string of the molecule is C=CCNC(=S)N/N=C(\C)c1c(O)c2ccccc2n(C)c1=O. The van der Waals surface area contributed by atoms with E-state index in [-0.39, 0.29) is 16.9 Å². The van der Waals surface area contributed by atoms with E-state index in [1.807, 2.05) is 6.07 Å². The number of fused-ring (bicyclic) bond motifs is 1. The second-order valence-corrected chi connectivity index (χ2v) is 5.32. The van der Waals surface area contributed by atoms with Gasteiger partial charge in [-0.25, -0.2) is 0 Å². The zero-order chi connectivity index (χ0) is 17.0. The molecule has 23 heavy (non-hydrogen) atoms. The van der Waals surface area contributed by atoms with Crippen LogP contribution in [0.5, 0.6) is 5.75 Å². The van der Waals surface area contributed by atoms with Crippen molar-refractivity contribution in [3.63, 3.8) is 0 Å². The van der Waals surface area contributed by atoms with Gasteiger partial charge in [0.2, 0.25) is 0 Å². The molecule has 0 unspecified atom stereocenters. The molecule has 2 aromatic rings.